The van der Waals surface area contributed by atoms with Crippen molar-refractivity contribution in [3.05, 3.63) is 65.4 Å². The van der Waals surface area contributed by atoms with Crippen molar-refractivity contribution in [3.63, 3.8) is 0 Å². The number of hydrogen-bond donors (Lipinski definition) is 0. The molecule has 0 unspecified atom stereocenters. The number of allylic oxidation sites excluding steroid dienone is 1. The number of aromatic nitrogens is 2. The summed E-state index contributed by atoms with van der Waals surface area (Å²) in [6.07, 6.45) is 1.61. The van der Waals surface area contributed by atoms with E-state index in [4.69, 9.17) is 16.3 Å². The summed E-state index contributed by atoms with van der Waals surface area (Å²) in [4.78, 5) is 8.60. The zero-order chi connectivity index (χ0) is 15.5. The van der Waals surface area contributed by atoms with Crippen LogP contribution in [0, 0.1) is 0 Å². The van der Waals surface area contributed by atoms with Crippen molar-refractivity contribution < 1.29 is 4.74 Å². The standard InChI is InChI=1S/C17H13ClN2OS/c1-11(2)16-20-15(12-6-4-3-5-7-12)17(22-16)21-13-8-9-19-14(18)10-13/h3-10H,1H2,2H3. The van der Waals surface area contributed by atoms with Crippen molar-refractivity contribution in [2.24, 2.45) is 0 Å². The molecule has 0 atom stereocenters. The van der Waals surface area contributed by atoms with E-state index in [0.717, 1.165) is 21.8 Å². The van der Waals surface area contributed by atoms with Crippen LogP contribution in [0.5, 0.6) is 10.8 Å². The highest BCUT2D eigenvalue weighted by molar-refractivity contribution is 7.15. The number of thiazole rings is 1. The molecule has 0 amide bonds. The van der Waals surface area contributed by atoms with Crippen molar-refractivity contribution in [3.8, 4) is 22.1 Å². The number of benzene rings is 1. The molecule has 1 aromatic carbocycles. The Hall–Kier alpha value is -2.17. The third-order valence-corrected chi connectivity index (χ3v) is 4.22. The van der Waals surface area contributed by atoms with Crippen LogP contribution in [0.25, 0.3) is 16.8 Å². The minimum absolute atomic E-state index is 0.392. The van der Waals surface area contributed by atoms with Crippen LogP contribution in [0.15, 0.2) is 55.2 Å². The van der Waals surface area contributed by atoms with E-state index in [1.165, 1.54) is 11.3 Å². The van der Waals surface area contributed by atoms with Crippen molar-refractivity contribution in [1.82, 2.24) is 9.97 Å². The van der Waals surface area contributed by atoms with Crippen molar-refractivity contribution in [1.29, 1.82) is 0 Å². The van der Waals surface area contributed by atoms with E-state index in [0.29, 0.717) is 16.0 Å². The first-order chi connectivity index (χ1) is 10.6. The van der Waals surface area contributed by atoms with E-state index >= 15 is 0 Å². The lowest BCUT2D eigenvalue weighted by atomic mass is 10.2. The molecule has 0 saturated heterocycles. The minimum atomic E-state index is 0.392. The van der Waals surface area contributed by atoms with Gasteiger partial charge in [0.1, 0.15) is 21.6 Å². The molecule has 3 aromatic rings. The highest BCUT2D eigenvalue weighted by Crippen LogP contribution is 2.40. The topological polar surface area (TPSA) is 35.0 Å². The molecule has 3 rings (SSSR count). The van der Waals surface area contributed by atoms with Gasteiger partial charge in [-0.2, -0.15) is 0 Å². The predicted octanol–water partition coefficient (Wildman–Crippen LogP) is 5.68. The van der Waals surface area contributed by atoms with Gasteiger partial charge in [-0.25, -0.2) is 9.97 Å². The van der Waals surface area contributed by atoms with Crippen molar-refractivity contribution >= 4 is 28.5 Å². The summed E-state index contributed by atoms with van der Waals surface area (Å²) < 4.78 is 5.97. The first-order valence-electron chi connectivity index (χ1n) is 6.65. The average molecular weight is 329 g/mol. The van der Waals surface area contributed by atoms with Crippen LogP contribution in [0.4, 0.5) is 0 Å². The van der Waals surface area contributed by atoms with Gasteiger partial charge in [0.2, 0.25) is 5.06 Å². The largest absolute Gasteiger partial charge is 0.444 e. The second kappa shape index (κ2) is 6.30. The fourth-order valence-corrected chi connectivity index (χ4v) is 2.94. The van der Waals surface area contributed by atoms with Crippen LogP contribution >= 0.6 is 22.9 Å². The van der Waals surface area contributed by atoms with Gasteiger partial charge in [-0.3, -0.25) is 0 Å². The molecule has 0 bridgehead atoms. The van der Waals surface area contributed by atoms with Gasteiger partial charge in [0.05, 0.1) is 0 Å². The van der Waals surface area contributed by atoms with Gasteiger partial charge in [0, 0.05) is 17.8 Å². The number of pyridine rings is 1. The summed E-state index contributed by atoms with van der Waals surface area (Å²) in [5.74, 6) is 0.633. The van der Waals surface area contributed by atoms with Crippen LogP contribution in [0.1, 0.15) is 11.9 Å². The lowest BCUT2D eigenvalue weighted by Crippen LogP contribution is -1.86. The van der Waals surface area contributed by atoms with E-state index in [9.17, 15) is 0 Å². The normalized spacial score (nSPS) is 10.5. The van der Waals surface area contributed by atoms with Gasteiger partial charge in [0.25, 0.3) is 0 Å². The second-order valence-corrected chi connectivity index (χ2v) is 6.07. The summed E-state index contributed by atoms with van der Waals surface area (Å²) in [7, 11) is 0. The van der Waals surface area contributed by atoms with Crippen LogP contribution in [0.3, 0.4) is 0 Å². The van der Waals surface area contributed by atoms with Crippen molar-refractivity contribution in [2.45, 2.75) is 6.92 Å². The maximum absolute atomic E-state index is 5.97. The maximum atomic E-state index is 5.97. The van der Waals surface area contributed by atoms with Gasteiger partial charge >= 0.3 is 0 Å². The number of hydrogen-bond acceptors (Lipinski definition) is 4. The summed E-state index contributed by atoms with van der Waals surface area (Å²) >= 11 is 7.37. The average Bonchev–Trinajstić information content (AvgIpc) is 2.92. The Morgan fingerprint density at radius 2 is 2.00 bits per heavy atom. The lowest BCUT2D eigenvalue weighted by molar-refractivity contribution is 0.496. The minimum Gasteiger partial charge on any atom is -0.444 e. The molecule has 0 saturated carbocycles. The third kappa shape index (κ3) is 3.18. The first kappa shape index (κ1) is 14.8. The number of nitrogens with zero attached hydrogens (tertiary/aromatic N) is 2. The Labute approximate surface area is 137 Å². The van der Waals surface area contributed by atoms with E-state index in [2.05, 4.69) is 16.5 Å². The highest BCUT2D eigenvalue weighted by atomic mass is 35.5. The molecule has 0 aliphatic rings. The number of rotatable bonds is 4. The Kier molecular flexibility index (Phi) is 4.22. The number of halogens is 1. The van der Waals surface area contributed by atoms with E-state index in [-0.39, 0.29) is 0 Å². The molecular formula is C17H13ClN2OS. The highest BCUT2D eigenvalue weighted by Gasteiger charge is 2.15. The van der Waals surface area contributed by atoms with Crippen LogP contribution in [-0.4, -0.2) is 9.97 Å². The van der Waals surface area contributed by atoms with E-state index in [1.807, 2.05) is 37.3 Å². The second-order valence-electron chi connectivity index (χ2n) is 4.72. The fourth-order valence-electron chi connectivity index (χ4n) is 1.89. The molecule has 0 aliphatic heterocycles. The van der Waals surface area contributed by atoms with Gasteiger partial charge < -0.3 is 4.74 Å². The number of ether oxygens (including phenoxy) is 1. The van der Waals surface area contributed by atoms with Crippen LogP contribution in [0.2, 0.25) is 5.15 Å². The molecule has 0 aliphatic carbocycles. The van der Waals surface area contributed by atoms with Crippen LogP contribution < -0.4 is 4.74 Å². The molecule has 0 radical (unpaired) electrons. The summed E-state index contributed by atoms with van der Waals surface area (Å²) in [5.41, 5.74) is 2.71. The Morgan fingerprint density at radius 3 is 2.68 bits per heavy atom. The molecule has 110 valence electrons. The molecule has 5 heteroatoms. The molecule has 22 heavy (non-hydrogen) atoms. The molecule has 0 fully saturated rings. The zero-order valence-corrected chi connectivity index (χ0v) is 13.5. The predicted molar refractivity (Wildman–Crippen MR) is 91.6 cm³/mol. The Bertz CT molecular complexity index is 815. The fraction of sp³-hybridized carbons (Fsp3) is 0.0588. The summed E-state index contributed by atoms with van der Waals surface area (Å²) in [5, 5.41) is 1.96. The quantitative estimate of drug-likeness (QED) is 0.577. The summed E-state index contributed by atoms with van der Waals surface area (Å²) in [6.45, 7) is 5.89. The summed E-state index contributed by atoms with van der Waals surface area (Å²) in [6, 6.07) is 13.4. The third-order valence-electron chi connectivity index (χ3n) is 2.92. The van der Waals surface area contributed by atoms with E-state index in [1.54, 1.807) is 18.3 Å². The van der Waals surface area contributed by atoms with Gasteiger partial charge in [-0.15, -0.1) is 0 Å². The first-order valence-corrected chi connectivity index (χ1v) is 7.84. The molecular weight excluding hydrogens is 316 g/mol. The van der Waals surface area contributed by atoms with Gasteiger partial charge in [-0.1, -0.05) is 59.8 Å². The smallest absolute Gasteiger partial charge is 0.209 e. The molecule has 2 aromatic heterocycles. The molecule has 0 N–H and O–H groups in total. The Morgan fingerprint density at radius 1 is 1.23 bits per heavy atom. The Balaban J connectivity index is 2.04. The molecule has 0 spiro atoms. The molecule has 3 nitrogen and oxygen atoms in total. The zero-order valence-electron chi connectivity index (χ0n) is 11.9. The van der Waals surface area contributed by atoms with Crippen molar-refractivity contribution in [2.75, 3.05) is 0 Å². The van der Waals surface area contributed by atoms with E-state index < -0.39 is 0 Å². The van der Waals surface area contributed by atoms with Gasteiger partial charge in [-0.05, 0) is 18.6 Å². The lowest BCUT2D eigenvalue weighted by Gasteiger charge is -2.05. The van der Waals surface area contributed by atoms with Crippen LogP contribution in [-0.2, 0) is 0 Å². The molecule has 2 heterocycles. The van der Waals surface area contributed by atoms with Gasteiger partial charge in [0.15, 0.2) is 0 Å². The maximum Gasteiger partial charge on any atom is 0.209 e. The SMILES string of the molecule is C=C(C)c1nc(-c2ccccc2)c(Oc2ccnc(Cl)c2)s1. The monoisotopic (exact) mass is 328 g/mol.